The Balaban J connectivity index is 1.88. The number of carbonyl (C=O) groups is 2. The molecule has 2 rings (SSSR count). The lowest BCUT2D eigenvalue weighted by atomic mass is 10.2. The third kappa shape index (κ3) is 4.84. The summed E-state index contributed by atoms with van der Waals surface area (Å²) in [5.41, 5.74) is 2.98. The van der Waals surface area contributed by atoms with Crippen molar-refractivity contribution in [1.29, 1.82) is 0 Å². The van der Waals surface area contributed by atoms with Crippen LogP contribution in [0.5, 0.6) is 11.5 Å². The monoisotopic (exact) mass is 327 g/mol. The highest BCUT2D eigenvalue weighted by Crippen LogP contribution is 2.15. The van der Waals surface area contributed by atoms with Gasteiger partial charge in [0.15, 0.2) is 0 Å². The molecule has 2 aromatic carbocycles. The largest absolute Gasteiger partial charge is 0.507 e. The van der Waals surface area contributed by atoms with Crippen molar-refractivity contribution in [3.8, 4) is 11.5 Å². The molecule has 0 bridgehead atoms. The molecule has 0 aliphatic rings. The number of ether oxygens (including phenoxy) is 1. The molecule has 0 aromatic heterocycles. The van der Waals surface area contributed by atoms with Crippen molar-refractivity contribution in [3.63, 3.8) is 0 Å². The lowest BCUT2D eigenvalue weighted by Crippen LogP contribution is -2.32. The summed E-state index contributed by atoms with van der Waals surface area (Å²) < 4.78 is 5.29. The molecule has 0 fully saturated rings. The fraction of sp³-hybridized carbons (Fsp3) is 0.118. The van der Waals surface area contributed by atoms with E-state index in [0.717, 1.165) is 0 Å². The zero-order valence-corrected chi connectivity index (χ0v) is 13.0. The van der Waals surface area contributed by atoms with Crippen molar-refractivity contribution in [3.05, 3.63) is 54.1 Å². The number of phenolic OH excluding ortho intramolecular Hbond substituents is 1. The van der Waals surface area contributed by atoms with Crippen molar-refractivity contribution in [1.82, 2.24) is 5.43 Å². The molecule has 24 heavy (non-hydrogen) atoms. The highest BCUT2D eigenvalue weighted by Gasteiger charge is 2.12. The zero-order chi connectivity index (χ0) is 17.4. The number of nitrogens with one attached hydrogen (secondary N) is 2. The number of benzene rings is 2. The second kappa shape index (κ2) is 8.33. The Hall–Kier alpha value is -3.35. The molecule has 0 saturated carbocycles. The highest BCUT2D eigenvalue weighted by molar-refractivity contribution is 6.39. The molecule has 0 heterocycles. The SMILES string of the molecule is CCOc1ccc(NC(=O)C(=O)N/N=C\c2ccccc2O)cc1. The van der Waals surface area contributed by atoms with E-state index < -0.39 is 11.8 Å². The van der Waals surface area contributed by atoms with Crippen molar-refractivity contribution in [2.24, 2.45) is 5.10 Å². The molecule has 0 aliphatic carbocycles. The first kappa shape index (κ1) is 17.0. The average Bonchev–Trinajstić information content (AvgIpc) is 2.58. The van der Waals surface area contributed by atoms with Crippen LogP contribution in [-0.4, -0.2) is 29.7 Å². The smallest absolute Gasteiger partial charge is 0.329 e. The minimum Gasteiger partial charge on any atom is -0.507 e. The first-order chi connectivity index (χ1) is 11.6. The van der Waals surface area contributed by atoms with Gasteiger partial charge in [-0.1, -0.05) is 12.1 Å². The van der Waals surface area contributed by atoms with Crippen LogP contribution < -0.4 is 15.5 Å². The van der Waals surface area contributed by atoms with E-state index in [-0.39, 0.29) is 5.75 Å². The van der Waals surface area contributed by atoms with Crippen LogP contribution in [0.25, 0.3) is 0 Å². The number of phenols is 1. The number of anilines is 1. The van der Waals surface area contributed by atoms with Gasteiger partial charge in [0.2, 0.25) is 0 Å². The average molecular weight is 327 g/mol. The Bertz CT molecular complexity index is 742. The Labute approximate surface area is 139 Å². The minimum absolute atomic E-state index is 0.0225. The van der Waals surface area contributed by atoms with E-state index in [2.05, 4.69) is 15.8 Å². The van der Waals surface area contributed by atoms with Crippen molar-refractivity contribution < 1.29 is 19.4 Å². The second-order valence-electron chi connectivity index (χ2n) is 4.67. The number of amides is 2. The van der Waals surface area contributed by atoms with E-state index in [0.29, 0.717) is 23.6 Å². The Kier molecular flexibility index (Phi) is 5.90. The highest BCUT2D eigenvalue weighted by atomic mass is 16.5. The maximum absolute atomic E-state index is 11.8. The Morgan fingerprint density at radius 1 is 1.12 bits per heavy atom. The number of carbonyl (C=O) groups excluding carboxylic acids is 2. The molecule has 0 aliphatic heterocycles. The summed E-state index contributed by atoms with van der Waals surface area (Å²) in [5.74, 6) is -1.08. The molecule has 0 spiro atoms. The van der Waals surface area contributed by atoms with Gasteiger partial charge in [-0.15, -0.1) is 0 Å². The first-order valence-corrected chi connectivity index (χ1v) is 7.25. The van der Waals surface area contributed by atoms with Crippen LogP contribution in [-0.2, 0) is 9.59 Å². The number of aromatic hydroxyl groups is 1. The number of rotatable bonds is 5. The van der Waals surface area contributed by atoms with Crippen LogP contribution in [0.15, 0.2) is 53.6 Å². The summed E-state index contributed by atoms with van der Waals surface area (Å²) in [6.07, 6.45) is 1.25. The second-order valence-corrected chi connectivity index (χ2v) is 4.67. The number of hydrogen-bond donors (Lipinski definition) is 3. The molecule has 3 N–H and O–H groups in total. The molecule has 7 nitrogen and oxygen atoms in total. The van der Waals surface area contributed by atoms with Crippen molar-refractivity contribution in [2.75, 3.05) is 11.9 Å². The van der Waals surface area contributed by atoms with Crippen molar-refractivity contribution >= 4 is 23.7 Å². The van der Waals surface area contributed by atoms with Gasteiger partial charge < -0.3 is 15.2 Å². The molecule has 0 radical (unpaired) electrons. The number of hydrogen-bond acceptors (Lipinski definition) is 5. The van der Waals surface area contributed by atoms with Gasteiger partial charge in [-0.2, -0.15) is 5.10 Å². The van der Waals surface area contributed by atoms with Crippen molar-refractivity contribution in [2.45, 2.75) is 6.92 Å². The summed E-state index contributed by atoms with van der Waals surface area (Å²) in [6, 6.07) is 13.1. The number of nitrogens with zero attached hydrogens (tertiary/aromatic N) is 1. The maximum Gasteiger partial charge on any atom is 0.329 e. The molecule has 0 unspecified atom stereocenters. The van der Waals surface area contributed by atoms with E-state index in [1.807, 2.05) is 6.92 Å². The van der Waals surface area contributed by atoms with Gasteiger partial charge in [0, 0.05) is 11.3 Å². The van der Waals surface area contributed by atoms with Crippen LogP contribution in [0.2, 0.25) is 0 Å². The third-order valence-corrected chi connectivity index (χ3v) is 2.94. The van der Waals surface area contributed by atoms with Crippen LogP contribution in [0, 0.1) is 0 Å². The molecule has 0 atom stereocenters. The van der Waals surface area contributed by atoms with E-state index >= 15 is 0 Å². The van der Waals surface area contributed by atoms with Gasteiger partial charge in [-0.05, 0) is 43.3 Å². The predicted molar refractivity (Wildman–Crippen MR) is 90.1 cm³/mol. The van der Waals surface area contributed by atoms with Gasteiger partial charge in [-0.25, -0.2) is 5.43 Å². The van der Waals surface area contributed by atoms with E-state index in [1.54, 1.807) is 42.5 Å². The van der Waals surface area contributed by atoms with Gasteiger partial charge >= 0.3 is 11.8 Å². The van der Waals surface area contributed by atoms with Gasteiger partial charge in [0.1, 0.15) is 11.5 Å². The summed E-state index contributed by atoms with van der Waals surface area (Å²) >= 11 is 0. The topological polar surface area (TPSA) is 100 Å². The summed E-state index contributed by atoms with van der Waals surface area (Å²) in [6.45, 7) is 2.42. The fourth-order valence-corrected chi connectivity index (χ4v) is 1.80. The van der Waals surface area contributed by atoms with Crippen LogP contribution in [0.3, 0.4) is 0 Å². The summed E-state index contributed by atoms with van der Waals surface area (Å²) in [5, 5.41) is 15.6. The number of hydrazone groups is 1. The Morgan fingerprint density at radius 2 is 1.83 bits per heavy atom. The predicted octanol–water partition coefficient (Wildman–Crippen LogP) is 1.88. The molecule has 124 valence electrons. The minimum atomic E-state index is -0.921. The van der Waals surface area contributed by atoms with Crippen LogP contribution in [0.4, 0.5) is 5.69 Å². The van der Waals surface area contributed by atoms with E-state index in [4.69, 9.17) is 4.74 Å². The molecule has 7 heteroatoms. The summed E-state index contributed by atoms with van der Waals surface area (Å²) in [7, 11) is 0. The van der Waals surface area contributed by atoms with Crippen LogP contribution in [0.1, 0.15) is 12.5 Å². The Morgan fingerprint density at radius 3 is 2.50 bits per heavy atom. The zero-order valence-electron chi connectivity index (χ0n) is 13.0. The quantitative estimate of drug-likeness (QED) is 0.443. The van der Waals surface area contributed by atoms with Gasteiger partial charge in [0.05, 0.1) is 12.8 Å². The van der Waals surface area contributed by atoms with Crippen LogP contribution >= 0.6 is 0 Å². The molecule has 0 saturated heterocycles. The fourth-order valence-electron chi connectivity index (χ4n) is 1.80. The third-order valence-electron chi connectivity index (χ3n) is 2.94. The molecule has 2 aromatic rings. The van der Waals surface area contributed by atoms with E-state index in [9.17, 15) is 14.7 Å². The molecular formula is C17H17N3O4. The van der Waals surface area contributed by atoms with E-state index in [1.165, 1.54) is 12.3 Å². The summed E-state index contributed by atoms with van der Waals surface area (Å²) in [4.78, 5) is 23.4. The first-order valence-electron chi connectivity index (χ1n) is 7.25. The standard InChI is InChI=1S/C17H17N3O4/c1-2-24-14-9-7-13(8-10-14)19-16(22)17(23)20-18-11-12-5-3-4-6-15(12)21/h3-11,21H,2H2,1H3,(H,19,22)(H,20,23)/b18-11-. The number of para-hydroxylation sites is 1. The normalized spacial score (nSPS) is 10.4. The molecule has 2 amide bonds. The van der Waals surface area contributed by atoms with Gasteiger partial charge in [-0.3, -0.25) is 9.59 Å². The lowest BCUT2D eigenvalue weighted by Gasteiger charge is -2.06. The lowest BCUT2D eigenvalue weighted by molar-refractivity contribution is -0.136. The maximum atomic E-state index is 11.8. The van der Waals surface area contributed by atoms with Gasteiger partial charge in [0.25, 0.3) is 0 Å². The molecular weight excluding hydrogens is 310 g/mol.